The van der Waals surface area contributed by atoms with Crippen molar-refractivity contribution in [3.05, 3.63) is 86.8 Å². The summed E-state index contributed by atoms with van der Waals surface area (Å²) in [6.07, 6.45) is 1.95. The first kappa shape index (κ1) is 37.1. The van der Waals surface area contributed by atoms with E-state index in [9.17, 15) is 0 Å². The molecule has 0 amide bonds. The van der Waals surface area contributed by atoms with Crippen molar-refractivity contribution in [2.45, 2.75) is 74.5 Å². The van der Waals surface area contributed by atoms with E-state index in [1.54, 1.807) is 0 Å². The average Bonchev–Trinajstić information content (AvgIpc) is 3.83. The molecule has 5 heterocycles. The third-order valence-electron chi connectivity index (χ3n) is 9.40. The average molecular weight is 838 g/mol. The maximum atomic E-state index is 6.03. The predicted molar refractivity (Wildman–Crippen MR) is 221 cm³/mol. The van der Waals surface area contributed by atoms with Crippen molar-refractivity contribution < 1.29 is 18.5 Å². The van der Waals surface area contributed by atoms with Gasteiger partial charge in [0.1, 0.15) is 11.5 Å². The van der Waals surface area contributed by atoms with E-state index >= 15 is 0 Å². The van der Waals surface area contributed by atoms with Crippen LogP contribution < -0.4 is 9.47 Å². The summed E-state index contributed by atoms with van der Waals surface area (Å²) in [6.45, 7) is 17.9. The Labute approximate surface area is 327 Å². The van der Waals surface area contributed by atoms with Crippen molar-refractivity contribution in [2.24, 2.45) is 14.1 Å². The second-order valence-corrected chi connectivity index (χ2v) is 15.3. The number of ether oxygens (including phenoxy) is 2. The highest BCUT2D eigenvalue weighted by Gasteiger charge is 2.22. The van der Waals surface area contributed by atoms with Crippen LogP contribution in [-0.4, -0.2) is 46.6 Å². The molecule has 11 nitrogen and oxygen atoms in total. The molecule has 0 N–H and O–H groups in total. The number of hydrogen-bond acceptors (Lipinski definition) is 9. The number of aromatic nitrogens is 7. The van der Waals surface area contributed by atoms with Gasteiger partial charge in [-0.3, -0.25) is 14.1 Å². The van der Waals surface area contributed by atoms with Crippen LogP contribution >= 0.6 is 22.6 Å². The Hall–Kier alpha value is -5.24. The van der Waals surface area contributed by atoms with Crippen LogP contribution in [0.5, 0.6) is 12.0 Å². The Bertz CT molecular complexity index is 2640. The van der Waals surface area contributed by atoms with Crippen molar-refractivity contribution in [1.29, 1.82) is 0 Å². The monoisotopic (exact) mass is 837 g/mol. The minimum absolute atomic E-state index is 0.0273. The smallest absolute Gasteiger partial charge is 0.297 e. The van der Waals surface area contributed by atoms with Gasteiger partial charge in [-0.15, -0.1) is 0 Å². The molecule has 0 fully saturated rings. The largest absolute Gasteiger partial charge is 0.462 e. The number of benzene rings is 3. The van der Waals surface area contributed by atoms with Crippen LogP contribution in [0.2, 0.25) is 0 Å². The van der Waals surface area contributed by atoms with E-state index in [2.05, 4.69) is 92.3 Å². The molecule has 0 saturated heterocycles. The fourth-order valence-electron chi connectivity index (χ4n) is 7.13. The number of halogens is 1. The van der Waals surface area contributed by atoms with Crippen molar-refractivity contribution in [3.63, 3.8) is 0 Å². The van der Waals surface area contributed by atoms with Gasteiger partial charge in [0.25, 0.3) is 12.0 Å². The number of imidazole rings is 2. The third kappa shape index (κ3) is 6.71. The Morgan fingerprint density at radius 2 is 1.19 bits per heavy atom. The molecule has 54 heavy (non-hydrogen) atoms. The van der Waals surface area contributed by atoms with E-state index in [0.717, 1.165) is 92.8 Å². The Balaban J connectivity index is 0.000000179. The molecule has 0 aliphatic carbocycles. The molecule has 0 radical (unpaired) electrons. The number of nitrogens with zero attached hydrogens (tertiary/aromatic N) is 7. The summed E-state index contributed by atoms with van der Waals surface area (Å²) in [7, 11) is 3.98. The second-order valence-electron chi connectivity index (χ2n) is 14.2. The van der Waals surface area contributed by atoms with Crippen LogP contribution in [0.3, 0.4) is 0 Å². The molecule has 8 aromatic rings. The van der Waals surface area contributed by atoms with Gasteiger partial charge < -0.3 is 18.5 Å². The van der Waals surface area contributed by atoms with Crippen molar-refractivity contribution in [1.82, 2.24) is 34.4 Å². The summed E-state index contributed by atoms with van der Waals surface area (Å²) >= 11 is 2.34. The lowest BCUT2D eigenvalue weighted by Gasteiger charge is -2.15. The minimum atomic E-state index is 0.0273. The first-order valence-corrected chi connectivity index (χ1v) is 19.0. The van der Waals surface area contributed by atoms with Crippen LogP contribution in [0.15, 0.2) is 63.8 Å². The van der Waals surface area contributed by atoms with Gasteiger partial charge in [-0.1, -0.05) is 22.4 Å². The Kier molecular flexibility index (Phi) is 9.98. The Morgan fingerprint density at radius 3 is 1.72 bits per heavy atom. The van der Waals surface area contributed by atoms with Gasteiger partial charge in [-0.2, -0.15) is 9.97 Å². The highest BCUT2D eigenvalue weighted by atomic mass is 127. The molecular weight excluding hydrogens is 793 g/mol. The zero-order chi connectivity index (χ0) is 38.6. The summed E-state index contributed by atoms with van der Waals surface area (Å²) in [4.78, 5) is 14.1. The Morgan fingerprint density at radius 1 is 0.648 bits per heavy atom. The number of fused-ring (bicyclic) bond motifs is 3. The number of aryl methyl sites for hydroxylation is 7. The van der Waals surface area contributed by atoms with Gasteiger partial charge in [0.05, 0.1) is 51.2 Å². The van der Waals surface area contributed by atoms with Gasteiger partial charge >= 0.3 is 0 Å². The van der Waals surface area contributed by atoms with Gasteiger partial charge in [0.2, 0.25) is 0 Å². The van der Waals surface area contributed by atoms with Crippen LogP contribution in [0.4, 0.5) is 0 Å². The lowest BCUT2D eigenvalue weighted by molar-refractivity contribution is 0.216. The fraction of sp³-hybridized carbons (Fsp3) is 0.310. The van der Waals surface area contributed by atoms with Crippen LogP contribution in [0.25, 0.3) is 66.4 Å². The zero-order valence-electron chi connectivity index (χ0n) is 32.5. The molecule has 0 atom stereocenters. The van der Waals surface area contributed by atoms with Crippen molar-refractivity contribution in [2.75, 3.05) is 0 Å². The fourth-order valence-corrected chi connectivity index (χ4v) is 8.10. The highest BCUT2D eigenvalue weighted by Crippen LogP contribution is 2.41. The number of hydrogen-bond donors (Lipinski definition) is 0. The summed E-state index contributed by atoms with van der Waals surface area (Å²) in [5.41, 5.74) is 14.1. The van der Waals surface area contributed by atoms with Crippen LogP contribution in [-0.2, 0) is 14.1 Å². The van der Waals surface area contributed by atoms with Crippen molar-refractivity contribution in [3.8, 4) is 45.4 Å². The van der Waals surface area contributed by atoms with E-state index in [4.69, 9.17) is 23.5 Å². The summed E-state index contributed by atoms with van der Waals surface area (Å²) in [5.74, 6) is 1.61. The molecule has 5 aromatic heterocycles. The molecule has 0 saturated carbocycles. The number of pyridine rings is 1. The maximum absolute atomic E-state index is 6.03. The molecule has 278 valence electrons. The molecule has 0 aliphatic rings. The highest BCUT2D eigenvalue weighted by molar-refractivity contribution is 14.1. The van der Waals surface area contributed by atoms with E-state index in [-0.39, 0.29) is 12.2 Å². The quantitative estimate of drug-likeness (QED) is 0.145. The maximum Gasteiger partial charge on any atom is 0.297 e. The van der Waals surface area contributed by atoms with Crippen LogP contribution in [0.1, 0.15) is 56.2 Å². The van der Waals surface area contributed by atoms with Crippen molar-refractivity contribution >= 4 is 55.6 Å². The lowest BCUT2D eigenvalue weighted by Crippen LogP contribution is -2.09. The second kappa shape index (κ2) is 14.5. The molecule has 0 unspecified atom stereocenters. The predicted octanol–water partition coefficient (Wildman–Crippen LogP) is 10.4. The normalized spacial score (nSPS) is 11.7. The summed E-state index contributed by atoms with van der Waals surface area (Å²) < 4.78 is 27.7. The molecule has 0 aliphatic heterocycles. The topological polar surface area (TPSA) is 119 Å². The van der Waals surface area contributed by atoms with Gasteiger partial charge in [-0.05, 0) is 144 Å². The molecule has 8 rings (SSSR count). The van der Waals surface area contributed by atoms with Gasteiger partial charge in [0.15, 0.2) is 0 Å². The van der Waals surface area contributed by atoms with Gasteiger partial charge in [0, 0.05) is 45.9 Å². The molecule has 0 spiro atoms. The minimum Gasteiger partial charge on any atom is -0.462 e. The van der Waals surface area contributed by atoms with E-state index < -0.39 is 0 Å². The van der Waals surface area contributed by atoms with E-state index in [0.29, 0.717) is 12.0 Å². The first-order valence-electron chi connectivity index (χ1n) is 17.9. The molecule has 0 bridgehead atoms. The zero-order valence-corrected chi connectivity index (χ0v) is 34.6. The number of rotatable bonds is 7. The first-order chi connectivity index (χ1) is 25.7. The van der Waals surface area contributed by atoms with Crippen LogP contribution in [0, 0.1) is 38.2 Å². The lowest BCUT2D eigenvalue weighted by atomic mass is 9.91. The SMILES string of the molecule is Cc1ccc2ncccc2c1-c1cc(-c2c(C)noc2C)cc2nc(OC(C)C)n(C)c12.Cc1noc(C)c1-c1cc(I)c2c(c1)nc(OC(C)C)n2C. The molecule has 12 heteroatoms. The van der Waals surface area contributed by atoms with Gasteiger partial charge in [-0.25, -0.2) is 0 Å². The molecular formula is C42H44IN7O4. The third-order valence-corrected chi connectivity index (χ3v) is 10.2. The molecule has 3 aromatic carbocycles. The van der Waals surface area contributed by atoms with E-state index in [1.807, 2.05) is 90.9 Å². The summed E-state index contributed by atoms with van der Waals surface area (Å²) in [5, 5.41) is 9.31. The standard InChI is InChI=1S/C26H26N4O2.C16H18IN3O2/c1-14(2)31-26-28-22-13-18(24-16(4)29-32-17(24)5)12-20(25(22)30(26)6)23-15(3)9-10-21-19(23)8-7-11-27-21;1-8(2)21-16-18-13-7-11(6-12(17)15(13)20(16)5)14-9(3)19-22-10(14)4/h7-14H,1-6H3;6-8H,1-5H3. The van der Waals surface area contributed by atoms with E-state index in [1.165, 1.54) is 5.56 Å². The summed E-state index contributed by atoms with van der Waals surface area (Å²) in [6, 6.07) is 18.1.